The van der Waals surface area contributed by atoms with Crippen molar-refractivity contribution < 1.29 is 46.7 Å². The van der Waals surface area contributed by atoms with Crippen molar-refractivity contribution in [3.63, 3.8) is 0 Å². The molecule has 0 saturated heterocycles. The molecule has 2 aromatic rings. The molecule has 0 unspecified atom stereocenters. The van der Waals surface area contributed by atoms with Gasteiger partial charge in [-0.1, -0.05) is 0 Å². The first-order chi connectivity index (χ1) is 13.1. The number of hydrogen-bond donors (Lipinski definition) is 2. The van der Waals surface area contributed by atoms with E-state index in [9.17, 15) is 20.2 Å². The lowest BCUT2D eigenvalue weighted by molar-refractivity contribution is -0.721. The van der Waals surface area contributed by atoms with E-state index in [1.807, 2.05) is 0 Å². The van der Waals surface area contributed by atoms with Gasteiger partial charge < -0.3 is 19.3 Å². The summed E-state index contributed by atoms with van der Waals surface area (Å²) in [6.07, 6.45) is 0. The minimum absolute atomic E-state index is 0.282. The molecule has 2 aromatic heterocycles. The quantitative estimate of drug-likeness (QED) is 0.203. The van der Waals surface area contributed by atoms with Crippen LogP contribution in [0.25, 0.3) is 0 Å². The molecule has 0 fully saturated rings. The molecule has 0 amide bonds. The molecule has 0 aliphatic rings. The van der Waals surface area contributed by atoms with E-state index < -0.39 is 20.2 Å². The van der Waals surface area contributed by atoms with Crippen molar-refractivity contribution in [2.75, 3.05) is 0 Å². The Morgan fingerprint density at radius 3 is 1.21 bits per heavy atom. The summed E-state index contributed by atoms with van der Waals surface area (Å²) >= 11 is 0. The summed E-state index contributed by atoms with van der Waals surface area (Å²) in [6.45, 7) is 3.46. The second kappa shape index (κ2) is 10.2. The van der Waals surface area contributed by atoms with Gasteiger partial charge in [-0.05, 0) is 0 Å². The van der Waals surface area contributed by atoms with Crippen LogP contribution < -0.4 is 9.13 Å². The first-order valence-electron chi connectivity index (χ1n) is 7.40. The maximum absolute atomic E-state index is 10.4. The Morgan fingerprint density at radius 1 is 0.793 bits per heavy atom. The predicted molar refractivity (Wildman–Crippen MR) is 91.8 cm³/mol. The topological polar surface area (TPSA) is 215 Å². The number of nitro groups is 2. The van der Waals surface area contributed by atoms with Gasteiger partial charge in [0.15, 0.2) is 11.4 Å². The van der Waals surface area contributed by atoms with Crippen LogP contribution in [-0.2, 0) is 24.5 Å². The number of aromatic hydroxyl groups is 2. The maximum Gasteiger partial charge on any atom is 0.543 e. The van der Waals surface area contributed by atoms with Gasteiger partial charge in [0.25, 0.3) is 11.5 Å². The fourth-order valence-corrected chi connectivity index (χ4v) is 1.88. The third kappa shape index (κ3) is 8.41. The molecule has 0 bridgehead atoms. The minimum atomic E-state index is -5.17. The Hall–Kier alpha value is -3.43. The molecule has 2 heterocycles. The molecular weight excluding hydrogens is 416 g/mol. The normalized spacial score (nSPS) is 10.1. The van der Waals surface area contributed by atoms with Crippen LogP contribution in [0.2, 0.25) is 0 Å². The van der Waals surface area contributed by atoms with E-state index in [1.165, 1.54) is 35.4 Å². The highest BCUT2D eigenvalue weighted by atomic mass is 32.3. The van der Waals surface area contributed by atoms with Gasteiger partial charge in [0.1, 0.15) is 23.9 Å². The molecule has 0 spiro atoms. The monoisotopic (exact) mass is 434 g/mol. The van der Waals surface area contributed by atoms with Crippen LogP contribution in [-0.4, -0.2) is 37.6 Å². The van der Waals surface area contributed by atoms with E-state index >= 15 is 0 Å². The lowest BCUT2D eigenvalue weighted by Gasteiger charge is -2.06. The Balaban J connectivity index is 0.000000442. The van der Waals surface area contributed by atoms with E-state index in [1.54, 1.807) is 26.0 Å². The molecule has 15 heteroatoms. The third-order valence-corrected chi connectivity index (χ3v) is 3.46. The predicted octanol–water partition coefficient (Wildman–Crippen LogP) is -0.471. The van der Waals surface area contributed by atoms with E-state index in [2.05, 4.69) is 0 Å². The molecule has 160 valence electrons. The molecule has 0 aliphatic heterocycles. The lowest BCUT2D eigenvalue weighted by atomic mass is 10.3. The van der Waals surface area contributed by atoms with Crippen molar-refractivity contribution in [1.29, 1.82) is 0 Å². The van der Waals surface area contributed by atoms with Gasteiger partial charge in [-0.2, -0.15) is 0 Å². The Kier molecular flexibility index (Phi) is 9.00. The molecule has 0 aliphatic carbocycles. The van der Waals surface area contributed by atoms with Crippen LogP contribution >= 0.6 is 0 Å². The highest BCUT2D eigenvalue weighted by Crippen LogP contribution is 2.20. The number of aryl methyl sites for hydroxylation is 2. The van der Waals surface area contributed by atoms with Crippen molar-refractivity contribution in [3.8, 4) is 11.5 Å². The van der Waals surface area contributed by atoms with Gasteiger partial charge in [0.2, 0.25) is 0 Å². The number of nitrogens with zero attached hydrogens (tertiary/aromatic N) is 4. The van der Waals surface area contributed by atoms with Gasteiger partial charge in [-0.3, -0.25) is 28.6 Å². The average Bonchev–Trinajstić information content (AvgIpc) is 2.54. The smallest absolute Gasteiger partial charge is 0.543 e. The van der Waals surface area contributed by atoms with Crippen molar-refractivity contribution in [2.45, 2.75) is 13.8 Å². The molecule has 0 saturated carbocycles. The lowest BCUT2D eigenvalue weighted by Crippen LogP contribution is -2.34. The zero-order chi connectivity index (χ0) is 23.1. The second-order valence-electron chi connectivity index (χ2n) is 5.41. The molecular formula is C14H18N4O10S. The Labute approximate surface area is 164 Å². The summed E-state index contributed by atoms with van der Waals surface area (Å²) in [5, 5.41) is 39.1. The zero-order valence-electron chi connectivity index (χ0n) is 15.7. The number of hydrogen-bond acceptors (Lipinski definition) is 10. The molecule has 14 nitrogen and oxygen atoms in total. The van der Waals surface area contributed by atoms with E-state index in [-0.39, 0.29) is 23.1 Å². The summed E-state index contributed by atoms with van der Waals surface area (Å²) < 4.78 is 36.7. The van der Waals surface area contributed by atoms with Crippen LogP contribution in [0.15, 0.2) is 24.3 Å². The summed E-state index contributed by atoms with van der Waals surface area (Å²) in [5.74, 6) is -1.19. The number of rotatable bonds is 2. The van der Waals surface area contributed by atoms with Gasteiger partial charge in [0, 0.05) is 48.5 Å². The first kappa shape index (κ1) is 25.6. The van der Waals surface area contributed by atoms with E-state index in [0.717, 1.165) is 11.4 Å². The summed E-state index contributed by atoms with van der Waals surface area (Å²) in [4.78, 5) is 19.6. The van der Waals surface area contributed by atoms with Crippen molar-refractivity contribution >= 4 is 22.0 Å². The Bertz CT molecular complexity index is 948. The van der Waals surface area contributed by atoms with Gasteiger partial charge >= 0.3 is 11.6 Å². The average molecular weight is 434 g/mol. The summed E-state index contributed by atoms with van der Waals surface area (Å²) in [6, 6.07) is 5.85. The third-order valence-electron chi connectivity index (χ3n) is 3.46. The van der Waals surface area contributed by atoms with Crippen molar-refractivity contribution in [2.24, 2.45) is 14.1 Å². The largest absolute Gasteiger partial charge is 0.759 e. The van der Waals surface area contributed by atoms with Crippen LogP contribution in [0.4, 0.5) is 11.6 Å². The maximum atomic E-state index is 10.4. The van der Waals surface area contributed by atoms with Crippen LogP contribution in [0.3, 0.4) is 0 Å². The highest BCUT2D eigenvalue weighted by molar-refractivity contribution is 7.79. The molecule has 0 radical (unpaired) electrons. The molecule has 2 rings (SSSR count). The molecule has 2 N–H and O–H groups in total. The van der Waals surface area contributed by atoms with E-state index in [0.29, 0.717) is 0 Å². The fraction of sp³-hybridized carbons (Fsp3) is 0.286. The van der Waals surface area contributed by atoms with Gasteiger partial charge in [0.05, 0.1) is 0 Å². The molecule has 0 atom stereocenters. The first-order valence-corrected chi connectivity index (χ1v) is 8.73. The van der Waals surface area contributed by atoms with Crippen molar-refractivity contribution in [1.82, 2.24) is 0 Å². The van der Waals surface area contributed by atoms with Crippen LogP contribution in [0.1, 0.15) is 11.4 Å². The number of aromatic nitrogens is 2. The summed E-state index contributed by atoms with van der Waals surface area (Å²) in [7, 11) is -2.10. The standard InChI is InChI=1S/2C7H8N2O3.H2O4S/c2*1-5-3-4-6(10)7(8(5)2)9(11)12;1-5(2,3)4/h2*3-4H,1-2H3;(H2,1,2,3,4). The molecule has 0 aromatic carbocycles. The second-order valence-corrected chi connectivity index (χ2v) is 6.22. The van der Waals surface area contributed by atoms with Crippen LogP contribution in [0.5, 0.6) is 11.5 Å². The Morgan fingerprint density at radius 2 is 1.03 bits per heavy atom. The zero-order valence-corrected chi connectivity index (χ0v) is 16.5. The van der Waals surface area contributed by atoms with E-state index in [4.69, 9.17) is 27.7 Å². The van der Waals surface area contributed by atoms with Gasteiger partial charge in [-0.25, -0.2) is 0 Å². The minimum Gasteiger partial charge on any atom is -0.759 e. The van der Waals surface area contributed by atoms with Crippen molar-refractivity contribution in [3.05, 3.63) is 55.9 Å². The van der Waals surface area contributed by atoms with Gasteiger partial charge in [-0.15, -0.1) is 9.13 Å². The fourth-order valence-electron chi connectivity index (χ4n) is 1.88. The summed E-state index contributed by atoms with van der Waals surface area (Å²) in [5.41, 5.74) is 1.44. The molecule has 29 heavy (non-hydrogen) atoms. The number of pyridine rings is 2. The highest BCUT2D eigenvalue weighted by Gasteiger charge is 2.27. The van der Waals surface area contributed by atoms with Crippen LogP contribution in [0, 0.1) is 34.1 Å². The SMILES string of the molecule is Cc1ccc(O)c([N+](=O)[O-])[n+]1C.Cc1ccc(O)c([N+](=O)[O-])[n+]1C.O=S(=O)([O-])[O-].